The lowest BCUT2D eigenvalue weighted by atomic mass is 10.0. The number of anilines is 1. The summed E-state index contributed by atoms with van der Waals surface area (Å²) < 4.78 is 4.90. The van der Waals surface area contributed by atoms with Crippen molar-refractivity contribution < 1.29 is 4.52 Å². The molecule has 0 saturated carbocycles. The van der Waals surface area contributed by atoms with Gasteiger partial charge >= 0.3 is 0 Å². The number of nitrogens with zero attached hydrogens (tertiary/aromatic N) is 3. The van der Waals surface area contributed by atoms with E-state index in [9.17, 15) is 0 Å². The maximum Gasteiger partial charge on any atom is 0.124 e. The molecule has 2 heterocycles. The molecule has 2 aromatic rings. The Labute approximate surface area is 160 Å². The molecule has 0 amide bonds. The van der Waals surface area contributed by atoms with Gasteiger partial charge in [0.05, 0.1) is 5.69 Å². The normalized spacial score (nSPS) is 15.3. The zero-order chi connectivity index (χ0) is 19.2. The van der Waals surface area contributed by atoms with Crippen molar-refractivity contribution in [2.75, 3.05) is 37.6 Å². The highest BCUT2D eigenvalue weighted by Crippen LogP contribution is 2.17. The number of piperazine rings is 1. The van der Waals surface area contributed by atoms with Crippen LogP contribution in [0, 0.1) is 5.92 Å². The van der Waals surface area contributed by atoms with E-state index < -0.39 is 0 Å². The molecule has 4 heteroatoms. The Hall–Kier alpha value is -1.81. The minimum absolute atomic E-state index is 0.650. The van der Waals surface area contributed by atoms with Crippen molar-refractivity contribution in [3.05, 3.63) is 48.4 Å². The fourth-order valence-corrected chi connectivity index (χ4v) is 3.07. The van der Waals surface area contributed by atoms with Gasteiger partial charge in [0.25, 0.3) is 0 Å². The molecule has 1 aliphatic heterocycles. The standard InChI is InChI=1S/C18H25N3O.2C2H6/c1-16(15-17-8-14-22-19-17)7-9-20-10-12-21(13-11-20)18-5-3-2-4-6-18;2*1-2/h2-6,8,14,16H,7,9-13,15H2,1H3;2*1-2H3. The van der Waals surface area contributed by atoms with Crippen molar-refractivity contribution >= 4 is 5.69 Å². The molecule has 146 valence electrons. The van der Waals surface area contributed by atoms with E-state index in [1.165, 1.54) is 18.7 Å². The topological polar surface area (TPSA) is 32.5 Å². The predicted octanol–water partition coefficient (Wildman–Crippen LogP) is 5.12. The van der Waals surface area contributed by atoms with Crippen LogP contribution < -0.4 is 4.90 Å². The average Bonchev–Trinajstić information content (AvgIpc) is 3.23. The number of aromatic nitrogens is 1. The van der Waals surface area contributed by atoms with Crippen LogP contribution in [0.15, 0.2) is 47.2 Å². The van der Waals surface area contributed by atoms with Crippen LogP contribution in [0.1, 0.15) is 46.7 Å². The van der Waals surface area contributed by atoms with Gasteiger partial charge in [0.15, 0.2) is 0 Å². The zero-order valence-corrected chi connectivity index (χ0v) is 17.3. The van der Waals surface area contributed by atoms with Gasteiger partial charge in [-0.15, -0.1) is 0 Å². The van der Waals surface area contributed by atoms with Crippen LogP contribution in [0.5, 0.6) is 0 Å². The van der Waals surface area contributed by atoms with E-state index in [-0.39, 0.29) is 0 Å². The molecule has 0 bridgehead atoms. The molecule has 1 atom stereocenters. The van der Waals surface area contributed by atoms with Crippen LogP contribution in [0.4, 0.5) is 5.69 Å². The summed E-state index contributed by atoms with van der Waals surface area (Å²) in [6.07, 6.45) is 3.89. The maximum absolute atomic E-state index is 4.90. The molecular weight excluding hydrogens is 322 g/mol. The van der Waals surface area contributed by atoms with Crippen LogP contribution in [-0.2, 0) is 6.42 Å². The summed E-state index contributed by atoms with van der Waals surface area (Å²) in [4.78, 5) is 5.06. The van der Waals surface area contributed by atoms with Gasteiger partial charge in [-0.3, -0.25) is 4.90 Å². The van der Waals surface area contributed by atoms with Crippen LogP contribution in [0.25, 0.3) is 0 Å². The number of hydrogen-bond acceptors (Lipinski definition) is 4. The summed E-state index contributed by atoms with van der Waals surface area (Å²) >= 11 is 0. The van der Waals surface area contributed by atoms with Gasteiger partial charge in [-0.25, -0.2) is 0 Å². The van der Waals surface area contributed by atoms with E-state index in [0.29, 0.717) is 5.92 Å². The van der Waals surface area contributed by atoms with Gasteiger partial charge < -0.3 is 9.42 Å². The zero-order valence-electron chi connectivity index (χ0n) is 17.3. The van der Waals surface area contributed by atoms with Gasteiger partial charge in [0, 0.05) is 37.9 Å². The molecular formula is C22H37N3O. The Morgan fingerprint density at radius 2 is 1.62 bits per heavy atom. The van der Waals surface area contributed by atoms with Crippen LogP contribution in [-0.4, -0.2) is 42.8 Å². The molecule has 4 nitrogen and oxygen atoms in total. The van der Waals surface area contributed by atoms with Gasteiger partial charge in [0.2, 0.25) is 0 Å². The van der Waals surface area contributed by atoms with Gasteiger partial charge in [-0.2, -0.15) is 0 Å². The van der Waals surface area contributed by atoms with Crippen molar-refractivity contribution in [3.8, 4) is 0 Å². The third-order valence-electron chi connectivity index (χ3n) is 4.48. The molecule has 1 saturated heterocycles. The van der Waals surface area contributed by atoms with Crippen molar-refractivity contribution in [2.24, 2.45) is 5.92 Å². The SMILES string of the molecule is CC.CC.CC(CCN1CCN(c2ccccc2)CC1)Cc1ccon1. The molecule has 1 aliphatic rings. The Balaban J connectivity index is 0.000000791. The molecule has 1 unspecified atom stereocenters. The molecule has 0 spiro atoms. The van der Waals surface area contributed by atoms with E-state index in [0.717, 1.165) is 38.3 Å². The number of rotatable bonds is 6. The highest BCUT2D eigenvalue weighted by atomic mass is 16.5. The van der Waals surface area contributed by atoms with E-state index in [1.54, 1.807) is 6.26 Å². The van der Waals surface area contributed by atoms with Crippen molar-refractivity contribution in [1.29, 1.82) is 0 Å². The van der Waals surface area contributed by atoms with Gasteiger partial charge in [-0.05, 0) is 37.4 Å². The monoisotopic (exact) mass is 359 g/mol. The number of hydrogen-bond donors (Lipinski definition) is 0. The first kappa shape index (κ1) is 22.2. The summed E-state index contributed by atoms with van der Waals surface area (Å²) in [6.45, 7) is 16.1. The Morgan fingerprint density at radius 1 is 0.962 bits per heavy atom. The van der Waals surface area contributed by atoms with Crippen molar-refractivity contribution in [3.63, 3.8) is 0 Å². The van der Waals surface area contributed by atoms with Crippen molar-refractivity contribution in [2.45, 2.75) is 47.5 Å². The third-order valence-corrected chi connectivity index (χ3v) is 4.48. The Morgan fingerprint density at radius 3 is 2.19 bits per heavy atom. The summed E-state index contributed by atoms with van der Waals surface area (Å²) in [5.74, 6) is 0.650. The smallest absolute Gasteiger partial charge is 0.124 e. The predicted molar refractivity (Wildman–Crippen MR) is 112 cm³/mol. The fourth-order valence-electron chi connectivity index (χ4n) is 3.07. The maximum atomic E-state index is 4.90. The summed E-state index contributed by atoms with van der Waals surface area (Å²) in [6, 6.07) is 12.7. The van der Waals surface area contributed by atoms with Crippen LogP contribution >= 0.6 is 0 Å². The molecule has 26 heavy (non-hydrogen) atoms. The highest BCUT2D eigenvalue weighted by Gasteiger charge is 2.17. The lowest BCUT2D eigenvalue weighted by Crippen LogP contribution is -2.46. The first-order chi connectivity index (χ1) is 12.8. The average molecular weight is 360 g/mol. The Bertz CT molecular complexity index is 534. The second-order valence-corrected chi connectivity index (χ2v) is 6.25. The largest absolute Gasteiger partial charge is 0.369 e. The highest BCUT2D eigenvalue weighted by molar-refractivity contribution is 5.46. The van der Waals surface area contributed by atoms with E-state index in [1.807, 2.05) is 33.8 Å². The summed E-state index contributed by atoms with van der Waals surface area (Å²) in [7, 11) is 0. The molecule has 0 aliphatic carbocycles. The van der Waals surface area contributed by atoms with Crippen LogP contribution in [0.3, 0.4) is 0 Å². The van der Waals surface area contributed by atoms with Crippen LogP contribution in [0.2, 0.25) is 0 Å². The van der Waals surface area contributed by atoms with E-state index in [2.05, 4.69) is 52.2 Å². The quantitative estimate of drug-likeness (QED) is 0.717. The molecule has 0 N–H and O–H groups in total. The second kappa shape index (κ2) is 13.4. The molecule has 1 aromatic carbocycles. The lowest BCUT2D eigenvalue weighted by molar-refractivity contribution is 0.240. The lowest BCUT2D eigenvalue weighted by Gasteiger charge is -2.36. The number of para-hydroxylation sites is 1. The fraction of sp³-hybridized carbons (Fsp3) is 0.591. The minimum Gasteiger partial charge on any atom is -0.369 e. The second-order valence-electron chi connectivity index (χ2n) is 6.25. The molecule has 1 fully saturated rings. The summed E-state index contributed by atoms with van der Waals surface area (Å²) in [5, 5.41) is 4.00. The van der Waals surface area contributed by atoms with Crippen molar-refractivity contribution in [1.82, 2.24) is 10.1 Å². The molecule has 3 rings (SSSR count). The molecule has 1 aromatic heterocycles. The first-order valence-corrected chi connectivity index (χ1v) is 10.2. The first-order valence-electron chi connectivity index (χ1n) is 10.2. The molecule has 0 radical (unpaired) electrons. The third kappa shape index (κ3) is 7.61. The van der Waals surface area contributed by atoms with E-state index in [4.69, 9.17) is 4.52 Å². The van der Waals surface area contributed by atoms with Gasteiger partial charge in [-0.1, -0.05) is 58.0 Å². The van der Waals surface area contributed by atoms with E-state index >= 15 is 0 Å². The number of benzene rings is 1. The van der Waals surface area contributed by atoms with Gasteiger partial charge in [0.1, 0.15) is 6.26 Å². The Kier molecular flexibility index (Phi) is 11.5. The minimum atomic E-state index is 0.650. The summed E-state index contributed by atoms with van der Waals surface area (Å²) in [5.41, 5.74) is 2.42.